The largest absolute Gasteiger partial charge is 0.480 e. The van der Waals surface area contributed by atoms with Crippen LogP contribution in [0.4, 0.5) is 0 Å². The molecule has 0 aliphatic heterocycles. The number of aliphatic carboxylic acids is 1. The lowest BCUT2D eigenvalue weighted by Crippen LogP contribution is -2.34. The molecular formula is C45H76NO10P. The number of hydrogen-bond donors (Lipinski definition) is 3. The Morgan fingerprint density at radius 2 is 0.947 bits per heavy atom. The SMILES string of the molecule is CCCC/C=C/C/C=C/CCCCCCCC(=O)O[C@@H](COC(=O)CCCCC/C=C/C/C=C/C/C=C/C/C=C/CCCCC)COP(=O)(O)OC[C@@H](N)C(=O)O. The van der Waals surface area contributed by atoms with E-state index in [1.165, 1.54) is 38.5 Å². The van der Waals surface area contributed by atoms with Gasteiger partial charge in [0, 0.05) is 12.8 Å². The molecule has 0 heterocycles. The van der Waals surface area contributed by atoms with Gasteiger partial charge < -0.3 is 25.2 Å². The topological polar surface area (TPSA) is 172 Å². The molecule has 0 radical (unpaired) electrons. The number of carboxylic acids is 1. The molecule has 0 rings (SSSR count). The average Bonchev–Trinajstić information content (AvgIpc) is 3.19. The first-order valence-corrected chi connectivity index (χ1v) is 23.0. The van der Waals surface area contributed by atoms with Crippen LogP contribution in [0.25, 0.3) is 0 Å². The van der Waals surface area contributed by atoms with Gasteiger partial charge in [-0.25, -0.2) is 4.57 Å². The third-order valence-electron chi connectivity index (χ3n) is 8.68. The number of phosphoric acid groups is 1. The summed E-state index contributed by atoms with van der Waals surface area (Å²) < 4.78 is 32.6. The predicted octanol–water partition coefficient (Wildman–Crippen LogP) is 11.3. The molecule has 0 aromatic carbocycles. The summed E-state index contributed by atoms with van der Waals surface area (Å²) in [5.41, 5.74) is 5.33. The number of rotatable bonds is 39. The van der Waals surface area contributed by atoms with E-state index in [0.717, 1.165) is 83.5 Å². The van der Waals surface area contributed by atoms with Crippen molar-refractivity contribution in [3.8, 4) is 0 Å². The normalized spacial score (nSPS) is 14.5. The van der Waals surface area contributed by atoms with Gasteiger partial charge in [-0.05, 0) is 83.5 Å². The smallest absolute Gasteiger partial charge is 0.472 e. The van der Waals surface area contributed by atoms with E-state index in [2.05, 4.69) is 91.3 Å². The lowest BCUT2D eigenvalue weighted by molar-refractivity contribution is -0.161. The second kappa shape index (κ2) is 39.7. The zero-order chi connectivity index (χ0) is 42.1. The molecule has 0 aromatic rings. The molecule has 0 saturated heterocycles. The number of hydrogen-bond acceptors (Lipinski definition) is 9. The number of carboxylic acid groups (broad SMARTS) is 1. The van der Waals surface area contributed by atoms with Gasteiger partial charge in [0.25, 0.3) is 0 Å². The molecule has 12 heteroatoms. The molecule has 11 nitrogen and oxygen atoms in total. The van der Waals surface area contributed by atoms with Crippen LogP contribution >= 0.6 is 7.82 Å². The molecule has 0 saturated carbocycles. The molecule has 0 fully saturated rings. The van der Waals surface area contributed by atoms with Crippen molar-refractivity contribution in [1.29, 1.82) is 0 Å². The number of ether oxygens (including phenoxy) is 2. The highest BCUT2D eigenvalue weighted by Crippen LogP contribution is 2.43. The minimum atomic E-state index is -4.73. The van der Waals surface area contributed by atoms with Gasteiger partial charge in [0.15, 0.2) is 6.10 Å². The van der Waals surface area contributed by atoms with Gasteiger partial charge in [0.1, 0.15) is 12.6 Å². The summed E-state index contributed by atoms with van der Waals surface area (Å²) in [6.07, 6.45) is 46.8. The van der Waals surface area contributed by atoms with Gasteiger partial charge in [0.2, 0.25) is 0 Å². The maximum atomic E-state index is 12.6. The lowest BCUT2D eigenvalue weighted by atomic mass is 10.1. The monoisotopic (exact) mass is 822 g/mol. The van der Waals surface area contributed by atoms with Crippen molar-refractivity contribution in [2.24, 2.45) is 5.73 Å². The van der Waals surface area contributed by atoms with Gasteiger partial charge in [-0.3, -0.25) is 23.4 Å². The Kier molecular flexibility index (Phi) is 37.6. The summed E-state index contributed by atoms with van der Waals surface area (Å²) >= 11 is 0. The van der Waals surface area contributed by atoms with Crippen LogP contribution in [0.1, 0.15) is 162 Å². The van der Waals surface area contributed by atoms with Gasteiger partial charge in [0.05, 0.1) is 13.2 Å². The molecule has 57 heavy (non-hydrogen) atoms. The first-order valence-electron chi connectivity index (χ1n) is 21.5. The molecule has 0 amide bonds. The van der Waals surface area contributed by atoms with Crippen molar-refractivity contribution in [3.05, 3.63) is 72.9 Å². The summed E-state index contributed by atoms with van der Waals surface area (Å²) in [7, 11) is -4.73. The second-order valence-corrected chi connectivity index (χ2v) is 15.6. The first-order chi connectivity index (χ1) is 27.6. The second-order valence-electron chi connectivity index (χ2n) is 14.1. The fourth-order valence-corrected chi connectivity index (χ4v) is 6.02. The number of esters is 2. The van der Waals surface area contributed by atoms with Crippen molar-refractivity contribution in [2.75, 3.05) is 19.8 Å². The Balaban J connectivity index is 4.46. The molecule has 0 aromatic heterocycles. The Labute approximate surface area is 344 Å². The average molecular weight is 822 g/mol. The van der Waals surface area contributed by atoms with Crippen LogP contribution in [-0.2, 0) is 37.5 Å². The van der Waals surface area contributed by atoms with Crippen LogP contribution in [0.5, 0.6) is 0 Å². The van der Waals surface area contributed by atoms with Gasteiger partial charge >= 0.3 is 25.7 Å². The summed E-state index contributed by atoms with van der Waals surface area (Å²) in [6, 6.07) is -1.53. The summed E-state index contributed by atoms with van der Waals surface area (Å²) in [5, 5.41) is 8.88. The molecule has 1 unspecified atom stereocenters. The quantitative estimate of drug-likeness (QED) is 0.0233. The standard InChI is InChI=1S/C45H76NO10P/c1-3-5-7-9-11-13-15-17-19-20-21-22-23-25-26-28-30-32-34-36-43(47)53-38-41(39-54-57(51,52)55-40-42(46)45(49)50)56-44(48)37-35-33-31-29-27-24-18-16-14-12-10-8-6-4-2/h10-13,16-19,21-22,25-26,41-42H,3-9,14-15,20,23-24,27-40,46H2,1-2H3,(H,49,50)(H,51,52)/b12-10+,13-11+,18-16+,19-17+,22-21+,26-25+/t41-,42+/m0/s1. The summed E-state index contributed by atoms with van der Waals surface area (Å²) in [5.74, 6) is -2.45. The lowest BCUT2D eigenvalue weighted by Gasteiger charge is -2.20. The highest BCUT2D eigenvalue weighted by atomic mass is 31.2. The first kappa shape index (κ1) is 53.9. The molecule has 326 valence electrons. The maximum Gasteiger partial charge on any atom is 0.472 e. The van der Waals surface area contributed by atoms with E-state index in [4.69, 9.17) is 24.8 Å². The molecule has 0 aliphatic rings. The zero-order valence-corrected chi connectivity index (χ0v) is 36.0. The number of carbonyl (C=O) groups is 3. The Morgan fingerprint density at radius 3 is 1.46 bits per heavy atom. The van der Waals surface area contributed by atoms with Crippen LogP contribution in [0.2, 0.25) is 0 Å². The van der Waals surface area contributed by atoms with Crippen molar-refractivity contribution in [3.63, 3.8) is 0 Å². The van der Waals surface area contributed by atoms with E-state index in [-0.39, 0.29) is 19.4 Å². The minimum absolute atomic E-state index is 0.134. The van der Waals surface area contributed by atoms with Crippen molar-refractivity contribution >= 4 is 25.7 Å². The summed E-state index contributed by atoms with van der Waals surface area (Å²) in [4.78, 5) is 45.9. The highest BCUT2D eigenvalue weighted by Gasteiger charge is 2.28. The Bertz CT molecular complexity index is 1240. The molecule has 4 N–H and O–H groups in total. The van der Waals surface area contributed by atoms with E-state index in [9.17, 15) is 23.8 Å². The van der Waals surface area contributed by atoms with Gasteiger partial charge in [-0.1, -0.05) is 138 Å². The maximum absolute atomic E-state index is 12.6. The van der Waals surface area contributed by atoms with E-state index in [1.54, 1.807) is 0 Å². The fourth-order valence-electron chi connectivity index (χ4n) is 5.24. The molecule has 0 aliphatic carbocycles. The number of carbonyl (C=O) groups excluding carboxylic acids is 2. The molecule has 0 bridgehead atoms. The Hall–Kier alpha value is -3.08. The highest BCUT2D eigenvalue weighted by molar-refractivity contribution is 7.47. The Morgan fingerprint density at radius 1 is 0.544 bits per heavy atom. The molecule has 0 spiro atoms. The van der Waals surface area contributed by atoms with Crippen LogP contribution in [-0.4, -0.2) is 59.9 Å². The molecular weight excluding hydrogens is 745 g/mol. The zero-order valence-electron chi connectivity index (χ0n) is 35.2. The van der Waals surface area contributed by atoms with E-state index in [0.29, 0.717) is 12.8 Å². The van der Waals surface area contributed by atoms with Crippen molar-refractivity contribution < 1.29 is 47.5 Å². The third-order valence-corrected chi connectivity index (χ3v) is 9.63. The fraction of sp³-hybridized carbons (Fsp3) is 0.667. The van der Waals surface area contributed by atoms with Crippen molar-refractivity contribution in [1.82, 2.24) is 0 Å². The third kappa shape index (κ3) is 39.5. The van der Waals surface area contributed by atoms with Gasteiger partial charge in [-0.2, -0.15) is 0 Å². The number of phosphoric ester groups is 1. The van der Waals surface area contributed by atoms with Crippen LogP contribution < -0.4 is 5.73 Å². The van der Waals surface area contributed by atoms with E-state index >= 15 is 0 Å². The van der Waals surface area contributed by atoms with E-state index in [1.807, 2.05) is 0 Å². The molecule has 3 atom stereocenters. The van der Waals surface area contributed by atoms with Crippen molar-refractivity contribution in [2.45, 2.75) is 174 Å². The van der Waals surface area contributed by atoms with Crippen LogP contribution in [0.15, 0.2) is 72.9 Å². The van der Waals surface area contributed by atoms with E-state index < -0.39 is 51.1 Å². The number of allylic oxidation sites excluding steroid dienone is 12. The van der Waals surface area contributed by atoms with Crippen LogP contribution in [0.3, 0.4) is 0 Å². The number of nitrogens with two attached hydrogens (primary N) is 1. The minimum Gasteiger partial charge on any atom is -0.480 e. The predicted molar refractivity (Wildman–Crippen MR) is 231 cm³/mol. The number of unbranched alkanes of at least 4 members (excludes halogenated alkanes) is 13. The summed E-state index contributed by atoms with van der Waals surface area (Å²) in [6.45, 7) is 2.67. The van der Waals surface area contributed by atoms with Crippen LogP contribution in [0, 0.1) is 0 Å². The van der Waals surface area contributed by atoms with Gasteiger partial charge in [-0.15, -0.1) is 0 Å².